The molecule has 0 aromatic carbocycles. The van der Waals surface area contributed by atoms with Gasteiger partial charge in [-0.3, -0.25) is 0 Å². The van der Waals surface area contributed by atoms with Crippen molar-refractivity contribution in [1.82, 2.24) is 4.90 Å². The Morgan fingerprint density at radius 2 is 1.78 bits per heavy atom. The van der Waals surface area contributed by atoms with Crippen LogP contribution < -0.4 is 5.73 Å². The molecule has 108 valence electrons. The summed E-state index contributed by atoms with van der Waals surface area (Å²) < 4.78 is 5.47. The lowest BCUT2D eigenvalue weighted by Gasteiger charge is -2.36. The maximum Gasteiger partial charge on any atom is 0.0593 e. The van der Waals surface area contributed by atoms with E-state index < -0.39 is 0 Å². The smallest absolute Gasteiger partial charge is 0.0593 e. The van der Waals surface area contributed by atoms with E-state index in [1.54, 1.807) is 0 Å². The van der Waals surface area contributed by atoms with Gasteiger partial charge in [0.25, 0.3) is 0 Å². The molecule has 0 unspecified atom stereocenters. The third kappa shape index (κ3) is 5.25. The molecular formula is C15H32N2O. The Morgan fingerprint density at radius 1 is 1.11 bits per heavy atom. The van der Waals surface area contributed by atoms with Crippen LogP contribution in [-0.4, -0.2) is 44.3 Å². The number of nitrogens with two attached hydrogens (primary N) is 1. The van der Waals surface area contributed by atoms with Crippen LogP contribution in [0, 0.1) is 5.41 Å². The normalized spacial score (nSPS) is 20.0. The highest BCUT2D eigenvalue weighted by Gasteiger charge is 2.31. The Bertz CT molecular complexity index is 201. The highest BCUT2D eigenvalue weighted by atomic mass is 16.5. The van der Waals surface area contributed by atoms with Crippen LogP contribution in [0.25, 0.3) is 0 Å². The summed E-state index contributed by atoms with van der Waals surface area (Å²) in [5, 5.41) is 0. The molecule has 0 aliphatic heterocycles. The summed E-state index contributed by atoms with van der Waals surface area (Å²) in [7, 11) is 0. The number of hydrogen-bond donors (Lipinski definition) is 1. The zero-order valence-electron chi connectivity index (χ0n) is 12.4. The number of rotatable bonds is 8. The quantitative estimate of drug-likeness (QED) is 0.536. The van der Waals surface area contributed by atoms with Crippen molar-refractivity contribution >= 4 is 0 Å². The minimum absolute atomic E-state index is 0.374. The van der Waals surface area contributed by atoms with Crippen LogP contribution in [0.4, 0.5) is 0 Å². The Balaban J connectivity index is 2.46. The average Bonchev–Trinajstić information content (AvgIpc) is 2.64. The SMILES string of the molecule is CCOCCN(CC)CC1(CN)CCCCCC1. The molecule has 0 atom stereocenters. The largest absolute Gasteiger partial charge is 0.380 e. The van der Waals surface area contributed by atoms with Gasteiger partial charge in [0.1, 0.15) is 0 Å². The molecule has 0 bridgehead atoms. The first-order valence-corrected chi connectivity index (χ1v) is 7.76. The minimum Gasteiger partial charge on any atom is -0.380 e. The topological polar surface area (TPSA) is 38.5 Å². The fourth-order valence-electron chi connectivity index (χ4n) is 3.07. The van der Waals surface area contributed by atoms with Crippen molar-refractivity contribution in [3.05, 3.63) is 0 Å². The van der Waals surface area contributed by atoms with Gasteiger partial charge < -0.3 is 15.4 Å². The van der Waals surface area contributed by atoms with E-state index >= 15 is 0 Å². The van der Waals surface area contributed by atoms with Crippen LogP contribution in [0.1, 0.15) is 52.4 Å². The zero-order valence-corrected chi connectivity index (χ0v) is 12.4. The maximum atomic E-state index is 6.11. The molecule has 1 aliphatic carbocycles. The molecule has 0 aromatic heterocycles. The van der Waals surface area contributed by atoms with Gasteiger partial charge >= 0.3 is 0 Å². The second-order valence-electron chi connectivity index (χ2n) is 5.68. The van der Waals surface area contributed by atoms with Crippen LogP contribution in [0.5, 0.6) is 0 Å². The molecule has 3 nitrogen and oxygen atoms in total. The molecule has 1 aliphatic rings. The van der Waals surface area contributed by atoms with Gasteiger partial charge in [0.15, 0.2) is 0 Å². The van der Waals surface area contributed by atoms with E-state index in [1.807, 2.05) is 0 Å². The highest BCUT2D eigenvalue weighted by Crippen LogP contribution is 2.34. The summed E-state index contributed by atoms with van der Waals surface area (Å²) in [6.07, 6.45) is 8.14. The van der Waals surface area contributed by atoms with Gasteiger partial charge in [0, 0.05) is 19.7 Å². The highest BCUT2D eigenvalue weighted by molar-refractivity contribution is 4.85. The second-order valence-corrected chi connectivity index (χ2v) is 5.68. The fraction of sp³-hybridized carbons (Fsp3) is 1.00. The Hall–Kier alpha value is -0.120. The molecule has 1 fully saturated rings. The number of likely N-dealkylation sites (N-methyl/N-ethyl adjacent to an activating group) is 1. The summed E-state index contributed by atoms with van der Waals surface area (Å²) in [5.41, 5.74) is 6.48. The van der Waals surface area contributed by atoms with Crippen molar-refractivity contribution in [3.63, 3.8) is 0 Å². The minimum atomic E-state index is 0.374. The molecule has 2 N–H and O–H groups in total. The molecule has 3 heteroatoms. The van der Waals surface area contributed by atoms with Crippen LogP contribution in [0.2, 0.25) is 0 Å². The number of ether oxygens (including phenoxy) is 1. The predicted octanol–water partition coefficient (Wildman–Crippen LogP) is 2.64. The van der Waals surface area contributed by atoms with Gasteiger partial charge in [0.2, 0.25) is 0 Å². The van der Waals surface area contributed by atoms with Crippen molar-refractivity contribution in [2.45, 2.75) is 52.4 Å². The van der Waals surface area contributed by atoms with Crippen molar-refractivity contribution < 1.29 is 4.74 Å². The number of nitrogens with zero attached hydrogens (tertiary/aromatic N) is 1. The molecule has 0 amide bonds. The van der Waals surface area contributed by atoms with E-state index in [-0.39, 0.29) is 0 Å². The molecule has 1 rings (SSSR count). The van der Waals surface area contributed by atoms with Crippen LogP contribution in [-0.2, 0) is 4.74 Å². The third-order valence-electron chi connectivity index (χ3n) is 4.36. The van der Waals surface area contributed by atoms with E-state index in [9.17, 15) is 0 Å². The molecule has 0 heterocycles. The first kappa shape index (κ1) is 15.9. The Morgan fingerprint density at radius 3 is 2.28 bits per heavy atom. The van der Waals surface area contributed by atoms with Gasteiger partial charge in [-0.05, 0) is 38.3 Å². The van der Waals surface area contributed by atoms with Crippen LogP contribution in [0.3, 0.4) is 0 Å². The van der Waals surface area contributed by atoms with Crippen molar-refractivity contribution in [3.8, 4) is 0 Å². The monoisotopic (exact) mass is 256 g/mol. The average molecular weight is 256 g/mol. The number of hydrogen-bond acceptors (Lipinski definition) is 3. The second kappa shape index (κ2) is 8.89. The van der Waals surface area contributed by atoms with Crippen LogP contribution >= 0.6 is 0 Å². The molecule has 1 saturated carbocycles. The maximum absolute atomic E-state index is 6.11. The Kier molecular flexibility index (Phi) is 7.87. The van der Waals surface area contributed by atoms with Crippen molar-refractivity contribution in [2.75, 3.05) is 39.4 Å². The molecule has 0 spiro atoms. The van der Waals surface area contributed by atoms with Gasteiger partial charge in [-0.25, -0.2) is 0 Å². The van der Waals surface area contributed by atoms with E-state index in [1.165, 1.54) is 38.5 Å². The molecule has 18 heavy (non-hydrogen) atoms. The lowest BCUT2D eigenvalue weighted by Crippen LogP contribution is -2.43. The van der Waals surface area contributed by atoms with Gasteiger partial charge in [-0.1, -0.05) is 32.6 Å². The summed E-state index contributed by atoms with van der Waals surface area (Å²) >= 11 is 0. The summed E-state index contributed by atoms with van der Waals surface area (Å²) in [6, 6.07) is 0. The Labute approximate surface area is 113 Å². The molecule has 0 aromatic rings. The zero-order chi connectivity index (χ0) is 13.3. The predicted molar refractivity (Wildman–Crippen MR) is 77.8 cm³/mol. The van der Waals surface area contributed by atoms with Crippen molar-refractivity contribution in [2.24, 2.45) is 11.1 Å². The lowest BCUT2D eigenvalue weighted by atomic mass is 9.80. The van der Waals surface area contributed by atoms with Crippen molar-refractivity contribution in [1.29, 1.82) is 0 Å². The standard InChI is InChI=1S/C15H32N2O/c1-3-17(11-12-18-4-2)14-15(13-16)9-7-5-6-8-10-15/h3-14,16H2,1-2H3. The third-order valence-corrected chi connectivity index (χ3v) is 4.36. The van der Waals surface area contributed by atoms with E-state index in [2.05, 4.69) is 18.7 Å². The molecule has 0 saturated heterocycles. The molecular weight excluding hydrogens is 224 g/mol. The van der Waals surface area contributed by atoms with Gasteiger partial charge in [-0.2, -0.15) is 0 Å². The summed E-state index contributed by atoms with van der Waals surface area (Å²) in [4.78, 5) is 2.52. The first-order valence-electron chi connectivity index (χ1n) is 7.76. The van der Waals surface area contributed by atoms with Crippen LogP contribution in [0.15, 0.2) is 0 Å². The van der Waals surface area contributed by atoms with E-state index in [0.717, 1.165) is 39.4 Å². The van der Waals surface area contributed by atoms with Gasteiger partial charge in [0.05, 0.1) is 6.61 Å². The summed E-state index contributed by atoms with van der Waals surface area (Å²) in [6.45, 7) is 10.1. The van der Waals surface area contributed by atoms with E-state index in [4.69, 9.17) is 10.5 Å². The summed E-state index contributed by atoms with van der Waals surface area (Å²) in [5.74, 6) is 0. The first-order chi connectivity index (χ1) is 8.76. The van der Waals surface area contributed by atoms with E-state index in [0.29, 0.717) is 5.41 Å². The fourth-order valence-corrected chi connectivity index (χ4v) is 3.07. The lowest BCUT2D eigenvalue weighted by molar-refractivity contribution is 0.0849. The van der Waals surface area contributed by atoms with Gasteiger partial charge in [-0.15, -0.1) is 0 Å². The molecule has 0 radical (unpaired) electrons.